The molecule has 90 valence electrons. The predicted octanol–water partition coefficient (Wildman–Crippen LogP) is 0.434. The van der Waals surface area contributed by atoms with E-state index in [-0.39, 0.29) is 0 Å². The molecule has 0 spiro atoms. The van der Waals surface area contributed by atoms with Crippen LogP contribution < -0.4 is 0 Å². The number of aryl methyl sites for hydroxylation is 1. The van der Waals surface area contributed by atoms with Gasteiger partial charge < -0.3 is 10.2 Å². The Morgan fingerprint density at radius 2 is 1.75 bits per heavy atom. The van der Waals surface area contributed by atoms with Gasteiger partial charge in [-0.2, -0.15) is 0 Å². The summed E-state index contributed by atoms with van der Waals surface area (Å²) in [5, 5.41) is 17.7. The summed E-state index contributed by atoms with van der Waals surface area (Å²) in [5.74, 6) is 0. The minimum absolute atomic E-state index is 0.495. The molecule has 0 radical (unpaired) electrons. The van der Waals surface area contributed by atoms with E-state index in [9.17, 15) is 13.5 Å². The smallest absolute Gasteiger partial charge is 0.155 e. The molecule has 16 heavy (non-hydrogen) atoms. The van der Waals surface area contributed by atoms with Gasteiger partial charge in [-0.3, -0.25) is 0 Å². The fourth-order valence-corrected chi connectivity index (χ4v) is 2.34. The maximum atomic E-state index is 11.3. The topological polar surface area (TPSA) is 74.6 Å². The van der Waals surface area contributed by atoms with Crippen molar-refractivity contribution >= 4 is 9.84 Å². The summed E-state index contributed by atoms with van der Waals surface area (Å²) in [6.07, 6.45) is -0.189. The van der Waals surface area contributed by atoms with E-state index in [1.165, 1.54) is 0 Å². The number of rotatable bonds is 4. The molecule has 5 heteroatoms. The van der Waals surface area contributed by atoms with Gasteiger partial charge in [0.15, 0.2) is 9.84 Å². The van der Waals surface area contributed by atoms with E-state index in [4.69, 9.17) is 5.11 Å². The van der Waals surface area contributed by atoms with Gasteiger partial charge in [0, 0.05) is 6.26 Å². The van der Waals surface area contributed by atoms with Crippen LogP contribution in [0.15, 0.2) is 24.3 Å². The van der Waals surface area contributed by atoms with Crippen molar-refractivity contribution in [3.63, 3.8) is 0 Å². The number of hydrogen-bond donors (Lipinski definition) is 2. The summed E-state index contributed by atoms with van der Waals surface area (Å²) in [6, 6.07) is 6.90. The van der Waals surface area contributed by atoms with Gasteiger partial charge in [-0.25, -0.2) is 8.42 Å². The summed E-state index contributed by atoms with van der Waals surface area (Å²) in [4.78, 5) is 0. The summed E-state index contributed by atoms with van der Waals surface area (Å²) in [6.45, 7) is 1.31. The molecule has 2 unspecified atom stereocenters. The molecule has 1 aromatic rings. The Labute approximate surface area is 95.5 Å². The van der Waals surface area contributed by atoms with Gasteiger partial charge in [0.2, 0.25) is 0 Å². The lowest BCUT2D eigenvalue weighted by molar-refractivity contribution is 0.138. The molecule has 0 saturated carbocycles. The highest BCUT2D eigenvalue weighted by Crippen LogP contribution is 2.21. The van der Waals surface area contributed by atoms with Crippen LogP contribution in [-0.2, 0) is 9.84 Å². The lowest BCUT2D eigenvalue weighted by Gasteiger charge is -2.19. The Balaban J connectivity index is 3.00. The molecule has 0 heterocycles. The van der Waals surface area contributed by atoms with Gasteiger partial charge in [-0.15, -0.1) is 0 Å². The number of sulfone groups is 1. The van der Waals surface area contributed by atoms with Gasteiger partial charge in [-0.1, -0.05) is 29.8 Å². The molecule has 0 bridgehead atoms. The van der Waals surface area contributed by atoms with E-state index in [1.807, 2.05) is 6.92 Å². The third-order valence-corrected chi connectivity index (χ3v) is 4.01. The second-order valence-corrected chi connectivity index (χ2v) is 6.17. The molecule has 2 atom stereocenters. The van der Waals surface area contributed by atoms with Crippen LogP contribution in [0.1, 0.15) is 17.2 Å². The van der Waals surface area contributed by atoms with Gasteiger partial charge in [0.25, 0.3) is 0 Å². The molecule has 1 aromatic carbocycles. The molecule has 0 saturated heterocycles. The molecule has 0 aliphatic rings. The van der Waals surface area contributed by atoms with Gasteiger partial charge in [0.1, 0.15) is 5.25 Å². The van der Waals surface area contributed by atoms with E-state index >= 15 is 0 Å². The van der Waals surface area contributed by atoms with Crippen molar-refractivity contribution < 1.29 is 18.6 Å². The maximum Gasteiger partial charge on any atom is 0.155 e. The highest BCUT2D eigenvalue weighted by molar-refractivity contribution is 7.91. The minimum Gasteiger partial charge on any atom is -0.395 e. The number of benzene rings is 1. The van der Waals surface area contributed by atoms with Crippen LogP contribution in [0.25, 0.3) is 0 Å². The van der Waals surface area contributed by atoms with Crippen LogP contribution in [0, 0.1) is 6.92 Å². The summed E-state index contributed by atoms with van der Waals surface area (Å²) in [7, 11) is -3.47. The highest BCUT2D eigenvalue weighted by atomic mass is 32.2. The first-order valence-corrected chi connectivity index (χ1v) is 6.86. The van der Waals surface area contributed by atoms with Crippen LogP contribution in [0.2, 0.25) is 0 Å². The van der Waals surface area contributed by atoms with Crippen LogP contribution >= 0.6 is 0 Å². The van der Waals surface area contributed by atoms with E-state index in [1.54, 1.807) is 24.3 Å². The van der Waals surface area contributed by atoms with Gasteiger partial charge in [0.05, 0.1) is 12.7 Å². The molecular weight excluding hydrogens is 228 g/mol. The van der Waals surface area contributed by atoms with Gasteiger partial charge in [-0.05, 0) is 12.5 Å². The van der Waals surface area contributed by atoms with Crippen molar-refractivity contribution in [2.24, 2.45) is 0 Å². The van der Waals surface area contributed by atoms with Crippen molar-refractivity contribution in [2.45, 2.75) is 18.3 Å². The molecule has 4 nitrogen and oxygen atoms in total. The Hall–Kier alpha value is -0.910. The number of hydrogen-bond acceptors (Lipinski definition) is 4. The van der Waals surface area contributed by atoms with E-state index in [2.05, 4.69) is 0 Å². The monoisotopic (exact) mass is 244 g/mol. The SMILES string of the molecule is Cc1ccc(C(O)C(CO)S(C)(=O)=O)cc1. The second-order valence-electron chi connectivity index (χ2n) is 3.91. The third kappa shape index (κ3) is 3.04. The molecule has 2 N–H and O–H groups in total. The molecule has 0 aromatic heterocycles. The molecule has 0 aliphatic heterocycles. The lowest BCUT2D eigenvalue weighted by Crippen LogP contribution is -2.31. The predicted molar refractivity (Wildman–Crippen MR) is 61.9 cm³/mol. The van der Waals surface area contributed by atoms with E-state index in [0.717, 1.165) is 11.8 Å². The van der Waals surface area contributed by atoms with Crippen molar-refractivity contribution in [1.29, 1.82) is 0 Å². The molecule has 0 amide bonds. The zero-order chi connectivity index (χ0) is 12.3. The Bertz CT molecular complexity index is 436. The third-order valence-electron chi connectivity index (χ3n) is 2.50. The van der Waals surface area contributed by atoms with Gasteiger partial charge >= 0.3 is 0 Å². The summed E-state index contributed by atoms with van der Waals surface area (Å²) >= 11 is 0. The number of aliphatic hydroxyl groups is 2. The zero-order valence-electron chi connectivity index (χ0n) is 9.29. The van der Waals surface area contributed by atoms with Crippen molar-refractivity contribution in [3.8, 4) is 0 Å². The Kier molecular flexibility index (Phi) is 4.07. The maximum absolute atomic E-state index is 11.3. The lowest BCUT2D eigenvalue weighted by atomic mass is 10.1. The van der Waals surface area contributed by atoms with Crippen LogP contribution in [0.5, 0.6) is 0 Å². The van der Waals surface area contributed by atoms with Crippen molar-refractivity contribution in [3.05, 3.63) is 35.4 Å². The average molecular weight is 244 g/mol. The van der Waals surface area contributed by atoms with E-state index in [0.29, 0.717) is 5.56 Å². The standard InChI is InChI=1S/C11H16O4S/c1-8-3-5-9(6-4-8)11(13)10(7-12)16(2,14)15/h3-6,10-13H,7H2,1-2H3. The molecule has 1 rings (SSSR count). The fourth-order valence-electron chi connectivity index (χ4n) is 1.45. The normalized spacial score (nSPS) is 15.8. The molecular formula is C11H16O4S. The van der Waals surface area contributed by atoms with E-state index < -0.39 is 27.8 Å². The Morgan fingerprint density at radius 1 is 1.25 bits per heavy atom. The summed E-state index contributed by atoms with van der Waals surface area (Å²) in [5.41, 5.74) is 1.52. The first-order valence-electron chi connectivity index (χ1n) is 4.90. The van der Waals surface area contributed by atoms with Crippen LogP contribution in [0.3, 0.4) is 0 Å². The van der Waals surface area contributed by atoms with Crippen molar-refractivity contribution in [1.82, 2.24) is 0 Å². The average Bonchev–Trinajstić information content (AvgIpc) is 2.17. The first kappa shape index (κ1) is 13.2. The first-order chi connectivity index (χ1) is 7.36. The molecule has 0 aliphatic carbocycles. The molecule has 0 fully saturated rings. The fraction of sp³-hybridized carbons (Fsp3) is 0.455. The zero-order valence-corrected chi connectivity index (χ0v) is 10.1. The van der Waals surface area contributed by atoms with Crippen molar-refractivity contribution in [2.75, 3.05) is 12.9 Å². The van der Waals surface area contributed by atoms with Crippen LogP contribution in [0.4, 0.5) is 0 Å². The van der Waals surface area contributed by atoms with Crippen LogP contribution in [-0.4, -0.2) is 36.7 Å². The second kappa shape index (κ2) is 4.95. The quantitative estimate of drug-likeness (QED) is 0.805. The number of aliphatic hydroxyl groups excluding tert-OH is 2. The summed E-state index contributed by atoms with van der Waals surface area (Å²) < 4.78 is 22.6. The largest absolute Gasteiger partial charge is 0.395 e. The highest BCUT2D eigenvalue weighted by Gasteiger charge is 2.29. The minimum atomic E-state index is -3.47. The Morgan fingerprint density at radius 3 is 2.12 bits per heavy atom.